The number of pyridine rings is 2. The summed E-state index contributed by atoms with van der Waals surface area (Å²) >= 11 is 0. The predicted octanol–water partition coefficient (Wildman–Crippen LogP) is 6.63. The molecule has 0 spiro atoms. The maximum Gasteiger partial charge on any atom is 0.261 e. The summed E-state index contributed by atoms with van der Waals surface area (Å²) < 4.78 is 28.3. The van der Waals surface area contributed by atoms with E-state index in [1.54, 1.807) is 48.8 Å². The third-order valence-electron chi connectivity index (χ3n) is 6.39. The molecule has 0 unspecified atom stereocenters. The van der Waals surface area contributed by atoms with Gasteiger partial charge in [-0.3, -0.25) is 14.7 Å². The highest BCUT2D eigenvalue weighted by Crippen LogP contribution is 2.33. The molecule has 5 aromatic rings. The molecule has 0 bridgehead atoms. The van der Waals surface area contributed by atoms with E-state index in [-0.39, 0.29) is 10.8 Å². The number of benzene rings is 3. The highest BCUT2D eigenvalue weighted by molar-refractivity contribution is 7.92. The van der Waals surface area contributed by atoms with Gasteiger partial charge >= 0.3 is 0 Å². The summed E-state index contributed by atoms with van der Waals surface area (Å²) in [5, 5.41) is 0. The molecule has 0 aliphatic heterocycles. The second-order valence-electron chi connectivity index (χ2n) is 8.98. The molecule has 0 saturated carbocycles. The van der Waals surface area contributed by atoms with E-state index in [2.05, 4.69) is 39.0 Å². The largest absolute Gasteiger partial charge is 0.280 e. The molecular formula is C31H27N3O2S. The van der Waals surface area contributed by atoms with Crippen LogP contribution in [-0.2, 0) is 16.4 Å². The first-order chi connectivity index (χ1) is 18.0. The Kier molecular flexibility index (Phi) is 7.10. The van der Waals surface area contributed by atoms with Crippen LogP contribution in [0.5, 0.6) is 0 Å². The average molecular weight is 506 g/mol. The van der Waals surface area contributed by atoms with E-state index < -0.39 is 10.0 Å². The van der Waals surface area contributed by atoms with Crippen LogP contribution >= 0.6 is 0 Å². The van der Waals surface area contributed by atoms with Crippen molar-refractivity contribution in [2.45, 2.75) is 24.2 Å². The lowest BCUT2D eigenvalue weighted by Crippen LogP contribution is -2.12. The zero-order chi connectivity index (χ0) is 25.7. The molecule has 0 radical (unpaired) electrons. The summed E-state index contributed by atoms with van der Waals surface area (Å²) in [7, 11) is -3.65. The lowest BCUT2D eigenvalue weighted by molar-refractivity contribution is 0.601. The monoisotopic (exact) mass is 505 g/mol. The number of nitrogens with zero attached hydrogens (tertiary/aromatic N) is 2. The maximum atomic E-state index is 12.8. The van der Waals surface area contributed by atoms with Crippen LogP contribution in [0.25, 0.3) is 11.1 Å². The van der Waals surface area contributed by atoms with E-state index in [0.29, 0.717) is 5.69 Å². The number of hydrogen-bond donors (Lipinski definition) is 1. The van der Waals surface area contributed by atoms with Crippen LogP contribution in [0.1, 0.15) is 28.2 Å². The molecule has 2 heterocycles. The minimum atomic E-state index is -3.65. The van der Waals surface area contributed by atoms with E-state index in [4.69, 9.17) is 0 Å². The van der Waals surface area contributed by atoms with E-state index in [0.717, 1.165) is 34.2 Å². The molecule has 184 valence electrons. The number of aryl methyl sites for hydroxylation is 1. The minimum absolute atomic E-state index is 0.101. The molecule has 0 aliphatic rings. The number of rotatable bonds is 8. The van der Waals surface area contributed by atoms with Crippen LogP contribution in [0, 0.1) is 6.92 Å². The third kappa shape index (κ3) is 5.76. The van der Waals surface area contributed by atoms with Gasteiger partial charge in [-0.1, -0.05) is 66.2 Å². The van der Waals surface area contributed by atoms with Crippen molar-refractivity contribution < 1.29 is 8.42 Å². The molecule has 0 fully saturated rings. The Bertz CT molecular complexity index is 1530. The average Bonchev–Trinajstić information content (AvgIpc) is 2.93. The summed E-state index contributed by atoms with van der Waals surface area (Å²) in [5.74, 6) is 0.101. The predicted molar refractivity (Wildman–Crippen MR) is 148 cm³/mol. The zero-order valence-corrected chi connectivity index (χ0v) is 21.3. The molecule has 3 aromatic carbocycles. The van der Waals surface area contributed by atoms with Gasteiger partial charge in [-0.05, 0) is 77.6 Å². The van der Waals surface area contributed by atoms with Crippen LogP contribution in [0.3, 0.4) is 0 Å². The molecular weight excluding hydrogens is 478 g/mol. The van der Waals surface area contributed by atoms with Gasteiger partial charge in [-0.15, -0.1) is 0 Å². The van der Waals surface area contributed by atoms with Crippen LogP contribution < -0.4 is 4.72 Å². The topological polar surface area (TPSA) is 72.0 Å². The molecule has 37 heavy (non-hydrogen) atoms. The van der Waals surface area contributed by atoms with E-state index in [1.165, 1.54) is 5.56 Å². The number of nitrogens with one attached hydrogen (secondary N) is 1. The highest BCUT2D eigenvalue weighted by Gasteiger charge is 2.18. The van der Waals surface area contributed by atoms with Crippen LogP contribution in [0.2, 0.25) is 0 Å². The van der Waals surface area contributed by atoms with Crippen LogP contribution in [0.4, 0.5) is 5.69 Å². The summed E-state index contributed by atoms with van der Waals surface area (Å²) in [5.41, 5.74) is 7.10. The van der Waals surface area contributed by atoms with Crippen molar-refractivity contribution in [2.75, 3.05) is 4.72 Å². The molecule has 0 atom stereocenters. The van der Waals surface area contributed by atoms with Gasteiger partial charge < -0.3 is 0 Å². The SMILES string of the molecule is Cc1ccc(S(=O)(=O)Nc2ccc(-c3ccccc3CC(c3cccnc3)c3cccnc3)cc2)cc1. The van der Waals surface area contributed by atoms with Gasteiger partial charge in [0, 0.05) is 36.4 Å². The van der Waals surface area contributed by atoms with Gasteiger partial charge in [-0.25, -0.2) is 8.42 Å². The van der Waals surface area contributed by atoms with E-state index in [1.807, 2.05) is 55.7 Å². The van der Waals surface area contributed by atoms with Gasteiger partial charge in [0.05, 0.1) is 4.90 Å². The Morgan fingerprint density at radius 1 is 0.730 bits per heavy atom. The quantitative estimate of drug-likeness (QED) is 0.257. The number of aromatic nitrogens is 2. The summed E-state index contributed by atoms with van der Waals surface area (Å²) in [6.45, 7) is 1.93. The summed E-state index contributed by atoms with van der Waals surface area (Å²) in [6, 6.07) is 30.8. The van der Waals surface area contributed by atoms with Crippen LogP contribution in [0.15, 0.2) is 127 Å². The van der Waals surface area contributed by atoms with Gasteiger partial charge in [0.1, 0.15) is 0 Å². The van der Waals surface area contributed by atoms with Crippen molar-refractivity contribution in [3.63, 3.8) is 0 Å². The molecule has 1 N–H and O–H groups in total. The number of anilines is 1. The Hall–Kier alpha value is -4.29. The second kappa shape index (κ2) is 10.8. The van der Waals surface area contributed by atoms with Crippen molar-refractivity contribution in [1.82, 2.24) is 9.97 Å². The zero-order valence-electron chi connectivity index (χ0n) is 20.5. The first-order valence-electron chi connectivity index (χ1n) is 12.1. The fourth-order valence-electron chi connectivity index (χ4n) is 4.44. The first kappa shape index (κ1) is 24.4. The highest BCUT2D eigenvalue weighted by atomic mass is 32.2. The van der Waals surface area contributed by atoms with Crippen molar-refractivity contribution in [2.24, 2.45) is 0 Å². The minimum Gasteiger partial charge on any atom is -0.280 e. The fourth-order valence-corrected chi connectivity index (χ4v) is 5.50. The standard InChI is InChI=1S/C31H27N3O2S/c1-23-10-16-29(17-11-23)37(35,36)34-28-14-12-24(13-15-28)30-9-3-2-6-25(30)20-31(26-7-4-18-32-21-26)27-8-5-19-33-22-27/h2-19,21-22,31,34H,20H2,1H3. The normalized spacial score (nSPS) is 11.4. The summed E-state index contributed by atoms with van der Waals surface area (Å²) in [6.07, 6.45) is 8.17. The fraction of sp³-hybridized carbons (Fsp3) is 0.0968. The first-order valence-corrected chi connectivity index (χ1v) is 13.6. The lowest BCUT2D eigenvalue weighted by Gasteiger charge is -2.20. The molecule has 6 heteroatoms. The third-order valence-corrected chi connectivity index (χ3v) is 7.79. The molecule has 0 amide bonds. The Labute approximate surface area is 218 Å². The Morgan fingerprint density at radius 2 is 1.35 bits per heavy atom. The maximum absolute atomic E-state index is 12.8. The molecule has 5 nitrogen and oxygen atoms in total. The van der Waals surface area contributed by atoms with E-state index >= 15 is 0 Å². The van der Waals surface area contributed by atoms with Crippen LogP contribution in [-0.4, -0.2) is 18.4 Å². The van der Waals surface area contributed by atoms with E-state index in [9.17, 15) is 8.42 Å². The molecule has 0 aliphatic carbocycles. The van der Waals surface area contributed by atoms with Gasteiger partial charge in [0.15, 0.2) is 0 Å². The van der Waals surface area contributed by atoms with Crippen molar-refractivity contribution in [3.05, 3.63) is 144 Å². The van der Waals surface area contributed by atoms with Gasteiger partial charge in [0.2, 0.25) is 0 Å². The smallest absolute Gasteiger partial charge is 0.261 e. The molecule has 5 rings (SSSR count). The van der Waals surface area contributed by atoms with Crippen molar-refractivity contribution >= 4 is 15.7 Å². The Morgan fingerprint density at radius 3 is 1.95 bits per heavy atom. The number of hydrogen-bond acceptors (Lipinski definition) is 4. The molecule has 2 aromatic heterocycles. The second-order valence-corrected chi connectivity index (χ2v) is 10.7. The van der Waals surface area contributed by atoms with Gasteiger partial charge in [-0.2, -0.15) is 0 Å². The Balaban J connectivity index is 1.42. The van der Waals surface area contributed by atoms with Crippen molar-refractivity contribution in [1.29, 1.82) is 0 Å². The van der Waals surface area contributed by atoms with Gasteiger partial charge in [0.25, 0.3) is 10.0 Å². The number of sulfonamides is 1. The van der Waals surface area contributed by atoms with Crippen molar-refractivity contribution in [3.8, 4) is 11.1 Å². The lowest BCUT2D eigenvalue weighted by atomic mass is 9.85. The summed E-state index contributed by atoms with van der Waals surface area (Å²) in [4.78, 5) is 8.92. The molecule has 0 saturated heterocycles.